The molecule has 19 heavy (non-hydrogen) atoms. The Balaban J connectivity index is 2.56. The van der Waals surface area contributed by atoms with Gasteiger partial charge in [-0.2, -0.15) is 13.2 Å². The molecule has 2 aromatic rings. The first kappa shape index (κ1) is 13.1. The summed E-state index contributed by atoms with van der Waals surface area (Å²) < 4.78 is 38.4. The van der Waals surface area contributed by atoms with Crippen molar-refractivity contribution in [1.82, 2.24) is 4.98 Å². The number of rotatable bonds is 2. The van der Waals surface area contributed by atoms with Crippen molar-refractivity contribution in [2.45, 2.75) is 6.18 Å². The van der Waals surface area contributed by atoms with Gasteiger partial charge in [0.25, 0.3) is 0 Å². The van der Waals surface area contributed by atoms with Crippen LogP contribution in [0.5, 0.6) is 5.75 Å². The number of alkyl halides is 3. The van der Waals surface area contributed by atoms with Gasteiger partial charge in [-0.05, 0) is 30.3 Å². The summed E-state index contributed by atoms with van der Waals surface area (Å²) in [5.74, 6) is -1.30. The maximum atomic E-state index is 12.8. The highest BCUT2D eigenvalue weighted by Gasteiger charge is 2.35. The zero-order chi connectivity index (χ0) is 14.0. The Kier molecular flexibility index (Phi) is 3.25. The van der Waals surface area contributed by atoms with Gasteiger partial charge in [-0.1, -0.05) is 6.07 Å². The van der Waals surface area contributed by atoms with Gasteiger partial charge >= 0.3 is 6.18 Å². The zero-order valence-electron chi connectivity index (χ0n) is 9.48. The van der Waals surface area contributed by atoms with Gasteiger partial charge in [-0.15, -0.1) is 0 Å². The summed E-state index contributed by atoms with van der Waals surface area (Å²) >= 11 is 0. The monoisotopic (exact) mass is 267 g/mol. The van der Waals surface area contributed by atoms with E-state index in [-0.39, 0.29) is 5.69 Å². The van der Waals surface area contributed by atoms with Gasteiger partial charge in [0.05, 0.1) is 5.56 Å². The molecular weight excluding hydrogens is 259 g/mol. The van der Waals surface area contributed by atoms with Crippen LogP contribution in [0, 0.1) is 0 Å². The van der Waals surface area contributed by atoms with Crippen molar-refractivity contribution in [3.05, 3.63) is 59.4 Å². The van der Waals surface area contributed by atoms with Crippen LogP contribution in [0.15, 0.2) is 42.6 Å². The van der Waals surface area contributed by atoms with Gasteiger partial charge in [-0.25, -0.2) is 0 Å². The van der Waals surface area contributed by atoms with Gasteiger partial charge in [0, 0.05) is 11.8 Å². The predicted molar refractivity (Wildman–Crippen MR) is 60.8 cm³/mol. The summed E-state index contributed by atoms with van der Waals surface area (Å²) in [6, 6.07) is 6.70. The minimum Gasteiger partial charge on any atom is -0.508 e. The number of aromatic nitrogens is 1. The average molecular weight is 267 g/mol. The van der Waals surface area contributed by atoms with Crippen LogP contribution in [0.1, 0.15) is 21.6 Å². The first-order valence-electron chi connectivity index (χ1n) is 5.25. The number of aromatic hydroxyl groups is 1. The first-order valence-corrected chi connectivity index (χ1v) is 5.25. The molecule has 1 heterocycles. The highest BCUT2D eigenvalue weighted by Crippen LogP contribution is 2.34. The Hall–Kier alpha value is -2.37. The van der Waals surface area contributed by atoms with Gasteiger partial charge in [-0.3, -0.25) is 9.78 Å². The number of halogens is 3. The van der Waals surface area contributed by atoms with Crippen molar-refractivity contribution in [2.75, 3.05) is 0 Å². The van der Waals surface area contributed by atoms with Crippen molar-refractivity contribution in [2.24, 2.45) is 0 Å². The predicted octanol–water partition coefficient (Wildman–Crippen LogP) is 3.04. The van der Waals surface area contributed by atoms with Crippen LogP contribution in [0.4, 0.5) is 13.2 Å². The molecule has 98 valence electrons. The lowest BCUT2D eigenvalue weighted by Crippen LogP contribution is -2.14. The lowest BCUT2D eigenvalue weighted by Gasteiger charge is -2.12. The van der Waals surface area contributed by atoms with E-state index in [2.05, 4.69) is 4.98 Å². The van der Waals surface area contributed by atoms with Crippen LogP contribution in [-0.2, 0) is 6.18 Å². The molecule has 0 aliphatic rings. The summed E-state index contributed by atoms with van der Waals surface area (Å²) in [6.45, 7) is 0. The second-order valence-electron chi connectivity index (χ2n) is 3.77. The summed E-state index contributed by atoms with van der Waals surface area (Å²) in [4.78, 5) is 15.7. The average Bonchev–Trinajstić information content (AvgIpc) is 2.37. The van der Waals surface area contributed by atoms with Crippen LogP contribution in [0.25, 0.3) is 0 Å². The molecule has 0 aliphatic carbocycles. The number of phenols is 1. The summed E-state index contributed by atoms with van der Waals surface area (Å²) in [7, 11) is 0. The third-order valence-corrected chi connectivity index (χ3v) is 2.45. The minimum atomic E-state index is -4.67. The molecule has 1 N–H and O–H groups in total. The number of nitrogens with zero attached hydrogens (tertiary/aromatic N) is 1. The fraction of sp³-hybridized carbons (Fsp3) is 0.0769. The number of hydrogen-bond donors (Lipinski definition) is 1. The van der Waals surface area contributed by atoms with E-state index in [0.717, 1.165) is 12.1 Å². The van der Waals surface area contributed by atoms with Crippen molar-refractivity contribution in [1.29, 1.82) is 0 Å². The summed E-state index contributed by atoms with van der Waals surface area (Å²) in [6.07, 6.45) is -3.36. The maximum absolute atomic E-state index is 12.8. The Morgan fingerprint density at radius 2 is 1.89 bits per heavy atom. The lowest BCUT2D eigenvalue weighted by atomic mass is 10.0. The van der Waals surface area contributed by atoms with Crippen LogP contribution in [-0.4, -0.2) is 15.9 Å². The van der Waals surface area contributed by atoms with Gasteiger partial charge in [0.1, 0.15) is 11.4 Å². The van der Waals surface area contributed by atoms with Gasteiger partial charge in [0.15, 0.2) is 0 Å². The second-order valence-corrected chi connectivity index (χ2v) is 3.77. The van der Waals surface area contributed by atoms with E-state index < -0.39 is 28.8 Å². The number of carbonyl (C=O) groups excluding carboxylic acids is 1. The molecule has 0 spiro atoms. The molecule has 1 aromatic carbocycles. The first-order chi connectivity index (χ1) is 8.89. The molecule has 0 fully saturated rings. The van der Waals surface area contributed by atoms with Crippen molar-refractivity contribution in [3.63, 3.8) is 0 Å². The molecular formula is C13H8F3NO2. The molecule has 0 atom stereocenters. The third kappa shape index (κ3) is 2.73. The minimum absolute atomic E-state index is 0.112. The highest BCUT2D eigenvalue weighted by molar-refractivity contribution is 6.09. The molecule has 6 heteroatoms. The normalized spacial score (nSPS) is 11.3. The quantitative estimate of drug-likeness (QED) is 0.851. The smallest absolute Gasteiger partial charge is 0.417 e. The van der Waals surface area contributed by atoms with E-state index >= 15 is 0 Å². The van der Waals surface area contributed by atoms with Crippen LogP contribution >= 0.6 is 0 Å². The summed E-state index contributed by atoms with van der Waals surface area (Å²) in [5, 5.41) is 9.26. The largest absolute Gasteiger partial charge is 0.508 e. The van der Waals surface area contributed by atoms with Crippen LogP contribution in [0.2, 0.25) is 0 Å². The second kappa shape index (κ2) is 4.72. The molecule has 0 radical (unpaired) electrons. The number of benzene rings is 1. The number of ketones is 1. The van der Waals surface area contributed by atoms with Crippen LogP contribution in [0.3, 0.4) is 0 Å². The molecule has 0 aliphatic heterocycles. The van der Waals surface area contributed by atoms with Gasteiger partial charge < -0.3 is 5.11 Å². The maximum Gasteiger partial charge on any atom is 0.417 e. The Morgan fingerprint density at radius 3 is 2.47 bits per heavy atom. The van der Waals surface area contributed by atoms with Gasteiger partial charge in [0.2, 0.25) is 5.78 Å². The molecule has 0 bridgehead atoms. The topological polar surface area (TPSA) is 50.2 Å². The number of phenolic OH excluding ortho intramolecular Hbond substituents is 1. The molecule has 2 rings (SSSR count). The molecule has 1 aromatic heterocycles. The Morgan fingerprint density at radius 1 is 1.16 bits per heavy atom. The van der Waals surface area contributed by atoms with E-state index in [4.69, 9.17) is 0 Å². The Bertz CT molecular complexity index is 609. The van der Waals surface area contributed by atoms with Crippen molar-refractivity contribution < 1.29 is 23.1 Å². The van der Waals surface area contributed by atoms with E-state index in [0.29, 0.717) is 6.07 Å². The summed E-state index contributed by atoms with van der Waals surface area (Å²) in [5.41, 5.74) is -1.83. The van der Waals surface area contributed by atoms with E-state index in [9.17, 15) is 23.1 Å². The van der Waals surface area contributed by atoms with Crippen LogP contribution < -0.4 is 0 Å². The molecule has 0 saturated heterocycles. The van der Waals surface area contributed by atoms with E-state index in [1.807, 2.05) is 0 Å². The molecule has 0 amide bonds. The number of hydrogen-bond acceptors (Lipinski definition) is 3. The van der Waals surface area contributed by atoms with E-state index in [1.54, 1.807) is 6.07 Å². The third-order valence-electron chi connectivity index (χ3n) is 2.45. The van der Waals surface area contributed by atoms with Crippen molar-refractivity contribution >= 4 is 5.78 Å². The SMILES string of the molecule is O=C(c1ccccn1)c1cc(O)ccc1C(F)(F)F. The zero-order valence-corrected chi connectivity index (χ0v) is 9.48. The fourth-order valence-electron chi connectivity index (χ4n) is 1.60. The molecule has 0 unspecified atom stereocenters. The molecule has 3 nitrogen and oxygen atoms in total. The lowest BCUT2D eigenvalue weighted by molar-refractivity contribution is -0.137. The standard InChI is InChI=1S/C13H8F3NO2/c14-13(15,16)10-5-4-8(18)7-9(10)12(19)11-3-1-2-6-17-11/h1-7,18H. The highest BCUT2D eigenvalue weighted by atomic mass is 19.4. The van der Waals surface area contributed by atoms with E-state index in [1.165, 1.54) is 18.3 Å². The number of pyridine rings is 1. The number of carbonyl (C=O) groups is 1. The Labute approximate surface area is 106 Å². The molecule has 0 saturated carbocycles. The van der Waals surface area contributed by atoms with Crippen molar-refractivity contribution in [3.8, 4) is 5.75 Å². The fourth-order valence-corrected chi connectivity index (χ4v) is 1.60.